The van der Waals surface area contributed by atoms with Gasteiger partial charge in [0.2, 0.25) is 17.7 Å². The lowest BCUT2D eigenvalue weighted by molar-refractivity contribution is -0.142. The smallest absolute Gasteiger partial charge is 0.244 e. The average Bonchev–Trinajstić information content (AvgIpc) is 3.66. The third-order valence-corrected chi connectivity index (χ3v) is 8.95. The Morgan fingerprint density at radius 1 is 0.917 bits per heavy atom. The first-order chi connectivity index (χ1) is 17.3. The fourth-order valence-corrected chi connectivity index (χ4v) is 6.44. The molecule has 0 spiro atoms. The van der Waals surface area contributed by atoms with E-state index in [0.717, 1.165) is 18.6 Å². The van der Waals surface area contributed by atoms with Gasteiger partial charge in [-0.3, -0.25) is 19.3 Å². The number of nitrogens with one attached hydrogen (secondary N) is 1. The zero-order valence-electron chi connectivity index (χ0n) is 20.9. The molecular formula is C30H32N2O4. The predicted octanol–water partition coefficient (Wildman–Crippen LogP) is 5.16. The molecule has 7 rings (SSSR count). The molecule has 1 N–H and O–H groups in total. The molecule has 36 heavy (non-hydrogen) atoms. The molecule has 3 fully saturated rings. The van der Waals surface area contributed by atoms with Gasteiger partial charge in [-0.15, -0.1) is 0 Å². The van der Waals surface area contributed by atoms with E-state index in [4.69, 9.17) is 4.74 Å². The minimum absolute atomic E-state index is 0.123. The number of allylic oxidation sites excluding steroid dienone is 2. The number of hydrogen-bond acceptors (Lipinski definition) is 4. The summed E-state index contributed by atoms with van der Waals surface area (Å²) in [6.45, 7) is 6.39. The van der Waals surface area contributed by atoms with Crippen molar-refractivity contribution in [1.29, 1.82) is 0 Å². The summed E-state index contributed by atoms with van der Waals surface area (Å²) in [5.74, 6) is 1.55. The summed E-state index contributed by atoms with van der Waals surface area (Å²) < 4.78 is 5.95. The third kappa shape index (κ3) is 3.74. The maximum absolute atomic E-state index is 13.1. The van der Waals surface area contributed by atoms with Gasteiger partial charge in [0, 0.05) is 5.69 Å². The van der Waals surface area contributed by atoms with Crippen LogP contribution >= 0.6 is 0 Å². The molecule has 1 saturated heterocycles. The SMILES string of the molecule is CCC(C)(C)c1ccc(Oc2ccc(NC(=O)CN3C(=O)[C@H]4[C@@H]5C=C[C@H]([C@H]6C[C@H]56)[C@@H]4C3=O)cc2)cc1. The van der Waals surface area contributed by atoms with Gasteiger partial charge in [-0.25, -0.2) is 0 Å². The molecule has 2 aromatic rings. The van der Waals surface area contributed by atoms with Crippen LogP contribution in [0.1, 0.15) is 39.2 Å². The van der Waals surface area contributed by atoms with Crippen molar-refractivity contribution >= 4 is 23.4 Å². The van der Waals surface area contributed by atoms with Gasteiger partial charge in [0.15, 0.2) is 0 Å². The van der Waals surface area contributed by atoms with E-state index < -0.39 is 0 Å². The number of nitrogens with zero attached hydrogens (tertiary/aromatic N) is 1. The van der Waals surface area contributed by atoms with Crippen LogP contribution in [-0.4, -0.2) is 29.2 Å². The molecule has 5 aliphatic rings. The molecule has 2 saturated carbocycles. The van der Waals surface area contributed by atoms with E-state index in [0.29, 0.717) is 23.3 Å². The normalized spacial score (nSPS) is 29.7. The first kappa shape index (κ1) is 23.0. The van der Waals surface area contributed by atoms with Gasteiger partial charge in [0.25, 0.3) is 0 Å². The highest BCUT2D eigenvalue weighted by molar-refractivity contribution is 6.09. The molecular weight excluding hydrogens is 452 g/mol. The molecule has 186 valence electrons. The van der Waals surface area contributed by atoms with Crippen LogP contribution in [0.4, 0.5) is 5.69 Å². The first-order valence-electron chi connectivity index (χ1n) is 13.0. The highest BCUT2D eigenvalue weighted by Gasteiger charge is 2.67. The van der Waals surface area contributed by atoms with Crippen LogP contribution < -0.4 is 10.1 Å². The highest BCUT2D eigenvalue weighted by atomic mass is 16.5. The minimum atomic E-state index is -0.372. The van der Waals surface area contributed by atoms with Crippen LogP contribution in [0.5, 0.6) is 11.5 Å². The lowest BCUT2D eigenvalue weighted by atomic mass is 9.63. The molecule has 0 radical (unpaired) electrons. The molecule has 2 bridgehead atoms. The number of hydrogen-bond donors (Lipinski definition) is 1. The van der Waals surface area contributed by atoms with Crippen LogP contribution in [0.25, 0.3) is 0 Å². The standard InChI is InChI=1S/C30H32N2O4/c1-4-30(2,3)17-5-9-19(10-6-17)36-20-11-7-18(8-12-20)31-25(33)16-32-28(34)26-21-13-14-22(24-15-23(21)24)27(26)29(32)35/h5-14,21-24,26-27H,4,15-16H2,1-3H3,(H,31,33)/t21-,22-,23-,24-,26+,27+/m1/s1. The predicted molar refractivity (Wildman–Crippen MR) is 136 cm³/mol. The molecule has 0 unspecified atom stereocenters. The van der Waals surface area contributed by atoms with Gasteiger partial charge in [0.05, 0.1) is 11.8 Å². The number of rotatable bonds is 7. The van der Waals surface area contributed by atoms with E-state index in [-0.39, 0.29) is 53.4 Å². The number of likely N-dealkylation sites (tertiary alicyclic amines) is 1. The third-order valence-electron chi connectivity index (χ3n) is 8.95. The van der Waals surface area contributed by atoms with Crippen molar-refractivity contribution in [2.45, 2.75) is 39.0 Å². The number of anilines is 1. The van der Waals surface area contributed by atoms with Crippen molar-refractivity contribution in [3.8, 4) is 11.5 Å². The lowest BCUT2D eigenvalue weighted by Gasteiger charge is -2.37. The van der Waals surface area contributed by atoms with Gasteiger partial charge < -0.3 is 10.1 Å². The molecule has 1 aliphatic heterocycles. The summed E-state index contributed by atoms with van der Waals surface area (Å²) in [6, 6.07) is 15.2. The van der Waals surface area contributed by atoms with Crippen molar-refractivity contribution in [3.63, 3.8) is 0 Å². The Morgan fingerprint density at radius 3 is 1.97 bits per heavy atom. The molecule has 3 amide bonds. The Bertz CT molecular complexity index is 1210. The number of imide groups is 1. The Labute approximate surface area is 211 Å². The fourth-order valence-electron chi connectivity index (χ4n) is 6.44. The van der Waals surface area contributed by atoms with Crippen LogP contribution in [0.15, 0.2) is 60.7 Å². The Kier molecular flexibility index (Phi) is 5.32. The molecule has 1 heterocycles. The Balaban J connectivity index is 1.06. The minimum Gasteiger partial charge on any atom is -0.457 e. The van der Waals surface area contributed by atoms with Crippen LogP contribution in [0.2, 0.25) is 0 Å². The summed E-state index contributed by atoms with van der Waals surface area (Å²) in [5, 5.41) is 2.81. The first-order valence-corrected chi connectivity index (χ1v) is 13.0. The van der Waals surface area contributed by atoms with Crippen LogP contribution in [-0.2, 0) is 19.8 Å². The van der Waals surface area contributed by atoms with Crippen molar-refractivity contribution in [2.24, 2.45) is 35.5 Å². The number of carbonyl (C=O) groups excluding carboxylic acids is 3. The second kappa shape index (κ2) is 8.32. The van der Waals surface area contributed by atoms with Crippen molar-refractivity contribution in [1.82, 2.24) is 4.90 Å². The topological polar surface area (TPSA) is 75.7 Å². The molecule has 6 nitrogen and oxygen atoms in total. The molecule has 2 aromatic carbocycles. The second-order valence-electron chi connectivity index (χ2n) is 11.4. The fraction of sp³-hybridized carbons (Fsp3) is 0.433. The van der Waals surface area contributed by atoms with Crippen LogP contribution in [0.3, 0.4) is 0 Å². The Morgan fingerprint density at radius 2 is 1.44 bits per heavy atom. The van der Waals surface area contributed by atoms with E-state index in [9.17, 15) is 14.4 Å². The maximum atomic E-state index is 13.1. The monoisotopic (exact) mass is 484 g/mol. The van der Waals surface area contributed by atoms with E-state index in [2.05, 4.69) is 50.4 Å². The summed E-state index contributed by atoms with van der Waals surface area (Å²) in [6.07, 6.45) is 6.46. The number of carbonyl (C=O) groups is 3. The van der Waals surface area contributed by atoms with E-state index in [1.807, 2.05) is 12.1 Å². The Hall–Kier alpha value is -3.41. The molecule has 6 heteroatoms. The van der Waals surface area contributed by atoms with Crippen LogP contribution in [0, 0.1) is 35.5 Å². The second-order valence-corrected chi connectivity index (χ2v) is 11.4. The van der Waals surface area contributed by atoms with E-state index in [1.54, 1.807) is 24.3 Å². The zero-order valence-corrected chi connectivity index (χ0v) is 20.9. The summed E-state index contributed by atoms with van der Waals surface area (Å²) >= 11 is 0. The van der Waals surface area contributed by atoms with Crippen molar-refractivity contribution < 1.29 is 19.1 Å². The van der Waals surface area contributed by atoms with Gasteiger partial charge in [-0.05, 0) is 83.9 Å². The number of amides is 3. The van der Waals surface area contributed by atoms with Gasteiger partial charge in [0.1, 0.15) is 18.0 Å². The largest absolute Gasteiger partial charge is 0.457 e. The van der Waals surface area contributed by atoms with E-state index in [1.165, 1.54) is 10.5 Å². The zero-order chi connectivity index (χ0) is 25.2. The summed E-state index contributed by atoms with van der Waals surface area (Å²) in [7, 11) is 0. The van der Waals surface area contributed by atoms with Crippen molar-refractivity contribution in [2.75, 3.05) is 11.9 Å². The summed E-state index contributed by atoms with van der Waals surface area (Å²) in [4.78, 5) is 40.1. The molecule has 4 aliphatic carbocycles. The quantitative estimate of drug-likeness (QED) is 0.435. The molecule has 6 atom stereocenters. The van der Waals surface area contributed by atoms with E-state index >= 15 is 0 Å². The number of benzene rings is 2. The van der Waals surface area contributed by atoms with Crippen molar-refractivity contribution in [3.05, 3.63) is 66.2 Å². The number of ether oxygens (including phenoxy) is 1. The highest BCUT2D eigenvalue weighted by Crippen LogP contribution is 2.65. The van der Waals surface area contributed by atoms with Gasteiger partial charge in [-0.2, -0.15) is 0 Å². The molecule has 0 aromatic heterocycles. The lowest BCUT2D eigenvalue weighted by Crippen LogP contribution is -2.40. The summed E-state index contributed by atoms with van der Waals surface area (Å²) in [5.41, 5.74) is 1.98. The average molecular weight is 485 g/mol. The van der Waals surface area contributed by atoms with Gasteiger partial charge >= 0.3 is 0 Å². The maximum Gasteiger partial charge on any atom is 0.244 e. The van der Waals surface area contributed by atoms with Gasteiger partial charge in [-0.1, -0.05) is 45.1 Å².